The third kappa shape index (κ3) is 8.32. The highest BCUT2D eigenvalue weighted by Gasteiger charge is 2.29. The molecule has 1 amide bonds. The molecule has 0 aliphatic carbocycles. The highest BCUT2D eigenvalue weighted by atomic mass is 16.6. The van der Waals surface area contributed by atoms with Gasteiger partial charge in [0.1, 0.15) is 12.0 Å². The van der Waals surface area contributed by atoms with Gasteiger partial charge < -0.3 is 14.8 Å². The first-order valence-corrected chi connectivity index (χ1v) is 7.28. The summed E-state index contributed by atoms with van der Waals surface area (Å²) in [5.41, 5.74) is -0.645. The van der Waals surface area contributed by atoms with Crippen molar-refractivity contribution in [1.29, 1.82) is 0 Å². The molecule has 6 heteroatoms. The molecule has 122 valence electrons. The summed E-state index contributed by atoms with van der Waals surface area (Å²) in [4.78, 5) is 35.4. The van der Waals surface area contributed by atoms with Gasteiger partial charge in [0, 0.05) is 0 Å². The van der Waals surface area contributed by atoms with Crippen LogP contribution in [-0.2, 0) is 19.1 Å². The summed E-state index contributed by atoms with van der Waals surface area (Å²) in [5, 5.41) is 2.55. The number of hydrogen-bond donors (Lipinski definition) is 1. The lowest BCUT2D eigenvalue weighted by molar-refractivity contribution is -0.146. The number of nitrogens with one attached hydrogen (secondary N) is 1. The Morgan fingerprint density at radius 1 is 1.14 bits per heavy atom. The molecule has 21 heavy (non-hydrogen) atoms. The number of ether oxygens (including phenoxy) is 2. The van der Waals surface area contributed by atoms with Crippen molar-refractivity contribution < 1.29 is 23.9 Å². The van der Waals surface area contributed by atoms with Crippen molar-refractivity contribution in [2.75, 3.05) is 6.61 Å². The van der Waals surface area contributed by atoms with Gasteiger partial charge in [0.25, 0.3) is 0 Å². The molecule has 0 radical (unpaired) electrons. The summed E-state index contributed by atoms with van der Waals surface area (Å²) in [7, 11) is 0. The maximum Gasteiger partial charge on any atom is 0.408 e. The first-order valence-electron chi connectivity index (χ1n) is 7.28. The van der Waals surface area contributed by atoms with Crippen LogP contribution in [0.15, 0.2) is 0 Å². The highest BCUT2D eigenvalue weighted by Crippen LogP contribution is 2.13. The van der Waals surface area contributed by atoms with Crippen molar-refractivity contribution in [1.82, 2.24) is 5.32 Å². The van der Waals surface area contributed by atoms with Crippen molar-refractivity contribution in [2.24, 2.45) is 5.92 Å². The maximum atomic E-state index is 12.2. The van der Waals surface area contributed by atoms with Crippen molar-refractivity contribution in [3.8, 4) is 0 Å². The zero-order valence-electron chi connectivity index (χ0n) is 13.8. The second-order valence-corrected chi connectivity index (χ2v) is 5.96. The Labute approximate surface area is 126 Å². The predicted molar refractivity (Wildman–Crippen MR) is 78.9 cm³/mol. The minimum atomic E-state index is -0.755. The van der Waals surface area contributed by atoms with Gasteiger partial charge in [-0.25, -0.2) is 4.79 Å². The van der Waals surface area contributed by atoms with Gasteiger partial charge in [-0.15, -0.1) is 0 Å². The van der Waals surface area contributed by atoms with E-state index in [1.165, 1.54) is 0 Å². The van der Waals surface area contributed by atoms with E-state index in [9.17, 15) is 14.4 Å². The standard InChI is InChI=1S/C15H27NO5/c1-7-10(3)13(11(17)9-12(18)20-8-2)16-14(19)21-15(4,5)6/h10,13H,7-9H2,1-6H3,(H,16,19)/t10-,13-/m1/s1. The summed E-state index contributed by atoms with van der Waals surface area (Å²) < 4.78 is 9.90. The van der Waals surface area contributed by atoms with Crippen molar-refractivity contribution in [2.45, 2.75) is 66.0 Å². The fourth-order valence-corrected chi connectivity index (χ4v) is 1.67. The molecule has 0 aliphatic heterocycles. The zero-order valence-corrected chi connectivity index (χ0v) is 13.8. The fourth-order valence-electron chi connectivity index (χ4n) is 1.67. The molecule has 0 aliphatic rings. The van der Waals surface area contributed by atoms with Crippen LogP contribution in [0.25, 0.3) is 0 Å². The molecule has 6 nitrogen and oxygen atoms in total. The molecule has 1 N–H and O–H groups in total. The summed E-state index contributed by atoms with van der Waals surface area (Å²) in [6.07, 6.45) is -0.321. The Hall–Kier alpha value is -1.59. The van der Waals surface area contributed by atoms with Crippen LogP contribution in [0, 0.1) is 5.92 Å². The molecule has 0 rings (SSSR count). The number of ketones is 1. The summed E-state index contributed by atoms with van der Waals surface area (Å²) in [6.45, 7) is 10.9. The van der Waals surface area contributed by atoms with E-state index in [4.69, 9.17) is 9.47 Å². The first kappa shape index (κ1) is 19.4. The minimum absolute atomic E-state index is 0.0977. The van der Waals surface area contributed by atoms with Crippen LogP contribution in [0.2, 0.25) is 0 Å². The third-order valence-electron chi connectivity index (χ3n) is 2.86. The molecule has 0 bridgehead atoms. The molecule has 2 atom stereocenters. The van der Waals surface area contributed by atoms with Crippen LogP contribution >= 0.6 is 0 Å². The van der Waals surface area contributed by atoms with Gasteiger partial charge in [0.15, 0.2) is 5.78 Å². The molecule has 0 saturated carbocycles. The number of rotatable bonds is 7. The Kier molecular flexibility index (Phi) is 7.99. The van der Waals surface area contributed by atoms with Crippen LogP contribution in [0.3, 0.4) is 0 Å². The SMILES string of the molecule is CCOC(=O)CC(=O)[C@H](NC(=O)OC(C)(C)C)[C@H](C)CC. The van der Waals surface area contributed by atoms with Gasteiger partial charge in [0.2, 0.25) is 0 Å². The minimum Gasteiger partial charge on any atom is -0.466 e. The third-order valence-corrected chi connectivity index (χ3v) is 2.86. The van der Waals surface area contributed by atoms with Crippen LogP contribution < -0.4 is 5.32 Å². The number of alkyl carbamates (subject to hydrolysis) is 1. The average molecular weight is 301 g/mol. The number of carbonyl (C=O) groups excluding carboxylic acids is 3. The summed E-state index contributed by atoms with van der Waals surface area (Å²) in [6, 6.07) is -0.755. The van der Waals surface area contributed by atoms with Gasteiger partial charge in [-0.1, -0.05) is 20.3 Å². The molecule has 0 aromatic carbocycles. The topological polar surface area (TPSA) is 81.7 Å². The Bertz CT molecular complexity index is 373. The van der Waals surface area contributed by atoms with Gasteiger partial charge in [0.05, 0.1) is 12.6 Å². The zero-order chi connectivity index (χ0) is 16.6. The van der Waals surface area contributed by atoms with Crippen LogP contribution in [-0.4, -0.2) is 36.1 Å². The maximum absolute atomic E-state index is 12.2. The van der Waals surface area contributed by atoms with Gasteiger partial charge in [-0.2, -0.15) is 0 Å². The summed E-state index contributed by atoms with van der Waals surface area (Å²) >= 11 is 0. The van der Waals surface area contributed by atoms with E-state index in [-0.39, 0.29) is 24.7 Å². The Morgan fingerprint density at radius 3 is 2.14 bits per heavy atom. The van der Waals surface area contributed by atoms with E-state index in [1.807, 2.05) is 13.8 Å². The Balaban J connectivity index is 4.76. The summed E-state index contributed by atoms with van der Waals surface area (Å²) in [5.74, 6) is -1.05. The largest absolute Gasteiger partial charge is 0.466 e. The van der Waals surface area contributed by atoms with Crippen molar-refractivity contribution >= 4 is 17.8 Å². The highest BCUT2D eigenvalue weighted by molar-refractivity contribution is 5.99. The second kappa shape index (κ2) is 8.64. The fraction of sp³-hybridized carbons (Fsp3) is 0.800. The number of esters is 1. The second-order valence-electron chi connectivity index (χ2n) is 5.96. The van der Waals surface area contributed by atoms with Crippen molar-refractivity contribution in [3.63, 3.8) is 0 Å². The Morgan fingerprint density at radius 2 is 1.71 bits per heavy atom. The molecule has 0 heterocycles. The smallest absolute Gasteiger partial charge is 0.408 e. The normalized spacial score (nSPS) is 14.0. The van der Waals surface area contributed by atoms with E-state index >= 15 is 0 Å². The van der Waals surface area contributed by atoms with E-state index in [2.05, 4.69) is 5.32 Å². The van der Waals surface area contributed by atoms with Crippen LogP contribution in [0.4, 0.5) is 4.79 Å². The molecular weight excluding hydrogens is 274 g/mol. The first-order chi connectivity index (χ1) is 9.60. The van der Waals surface area contributed by atoms with E-state index in [1.54, 1.807) is 27.7 Å². The molecule has 0 spiro atoms. The number of amides is 1. The predicted octanol–water partition coefficient (Wildman–Crippen LogP) is 2.45. The number of hydrogen-bond acceptors (Lipinski definition) is 5. The number of Topliss-reactive ketones (excluding diaryl/α,β-unsaturated/α-hetero) is 1. The van der Waals surface area contributed by atoms with E-state index < -0.39 is 23.7 Å². The lowest BCUT2D eigenvalue weighted by Gasteiger charge is -2.25. The quantitative estimate of drug-likeness (QED) is 0.577. The molecule has 0 fully saturated rings. The van der Waals surface area contributed by atoms with E-state index in [0.29, 0.717) is 6.42 Å². The van der Waals surface area contributed by atoms with Gasteiger partial charge in [-0.05, 0) is 33.6 Å². The van der Waals surface area contributed by atoms with Crippen LogP contribution in [0.5, 0.6) is 0 Å². The lowest BCUT2D eigenvalue weighted by atomic mass is 9.94. The monoisotopic (exact) mass is 301 g/mol. The molecule has 0 saturated heterocycles. The number of carbonyl (C=O) groups is 3. The lowest BCUT2D eigenvalue weighted by Crippen LogP contribution is -2.47. The van der Waals surface area contributed by atoms with Crippen molar-refractivity contribution in [3.05, 3.63) is 0 Å². The molecule has 0 aromatic rings. The van der Waals surface area contributed by atoms with Crippen LogP contribution in [0.1, 0.15) is 54.4 Å². The average Bonchev–Trinajstić information content (AvgIpc) is 2.32. The molecule has 0 aromatic heterocycles. The van der Waals surface area contributed by atoms with E-state index in [0.717, 1.165) is 0 Å². The molecule has 0 unspecified atom stereocenters. The van der Waals surface area contributed by atoms with Gasteiger partial charge in [-0.3, -0.25) is 9.59 Å². The van der Waals surface area contributed by atoms with Gasteiger partial charge >= 0.3 is 12.1 Å². The molecular formula is C15H27NO5.